The number of methoxy groups -OCH3 is 1. The van der Waals surface area contributed by atoms with Gasteiger partial charge in [-0.25, -0.2) is 9.59 Å². The van der Waals surface area contributed by atoms with Gasteiger partial charge in [-0.2, -0.15) is 0 Å². The largest absolute Gasteiger partial charge is 0.508 e. The van der Waals surface area contributed by atoms with Gasteiger partial charge in [-0.05, 0) is 75.6 Å². The molecule has 0 spiro atoms. The lowest BCUT2D eigenvalue weighted by molar-refractivity contribution is -0.260. The highest BCUT2D eigenvalue weighted by Gasteiger charge is 2.51. The number of allylic oxidation sites excluding steroid dienone is 2. The Morgan fingerprint density at radius 1 is 1.14 bits per heavy atom. The van der Waals surface area contributed by atoms with Crippen LogP contribution in [0.3, 0.4) is 0 Å². The molecule has 1 fully saturated rings. The Labute approximate surface area is 247 Å². The van der Waals surface area contributed by atoms with Gasteiger partial charge in [-0.3, -0.25) is 4.79 Å². The van der Waals surface area contributed by atoms with Crippen LogP contribution in [0, 0.1) is 0 Å². The van der Waals surface area contributed by atoms with Crippen molar-refractivity contribution in [2.45, 2.75) is 70.6 Å². The molecule has 2 amide bonds. The molecule has 12 heteroatoms. The molecule has 0 saturated carbocycles. The molecule has 2 aromatic carbocycles. The van der Waals surface area contributed by atoms with Crippen LogP contribution in [0.15, 0.2) is 57.3 Å². The van der Waals surface area contributed by atoms with Crippen molar-refractivity contribution < 1.29 is 43.5 Å². The van der Waals surface area contributed by atoms with Gasteiger partial charge in [0.2, 0.25) is 0 Å². The molecule has 6 N–H and O–H groups in total. The smallest absolute Gasteiger partial charge is 0.404 e. The summed E-state index contributed by atoms with van der Waals surface area (Å²) in [6, 6.07) is 8.95. The molecule has 4 atom stereocenters. The Kier molecular flexibility index (Phi) is 9.14. The van der Waals surface area contributed by atoms with Crippen molar-refractivity contribution in [1.29, 1.82) is 0 Å². The molecule has 0 radical (unpaired) electrons. The average molecular weight is 597 g/mol. The minimum absolute atomic E-state index is 0.0297. The highest BCUT2D eigenvalue weighted by molar-refractivity contribution is 6.06. The normalized spacial score (nSPS) is 21.3. The second kappa shape index (κ2) is 12.5. The Morgan fingerprint density at radius 3 is 2.51 bits per heavy atom. The van der Waals surface area contributed by atoms with Gasteiger partial charge in [0.15, 0.2) is 17.5 Å². The van der Waals surface area contributed by atoms with E-state index in [1.165, 1.54) is 37.4 Å². The third-order valence-corrected chi connectivity index (χ3v) is 7.35. The third kappa shape index (κ3) is 6.82. The maximum atomic E-state index is 13.0. The van der Waals surface area contributed by atoms with Crippen LogP contribution in [0.4, 0.5) is 10.5 Å². The minimum Gasteiger partial charge on any atom is -0.508 e. The van der Waals surface area contributed by atoms with Crippen LogP contribution in [0.2, 0.25) is 0 Å². The summed E-state index contributed by atoms with van der Waals surface area (Å²) in [5.41, 5.74) is 5.20. The van der Waals surface area contributed by atoms with Crippen LogP contribution in [0.5, 0.6) is 11.5 Å². The van der Waals surface area contributed by atoms with Crippen LogP contribution in [-0.4, -0.2) is 64.4 Å². The number of aliphatic hydroxyl groups is 1. The molecule has 12 nitrogen and oxygen atoms in total. The Hall–Kier alpha value is -4.39. The number of phenolic OH excluding ortho intramolecular Hbond substituents is 1. The van der Waals surface area contributed by atoms with Crippen LogP contribution >= 0.6 is 0 Å². The van der Waals surface area contributed by atoms with E-state index in [-0.39, 0.29) is 28.7 Å². The van der Waals surface area contributed by atoms with E-state index < -0.39 is 59.1 Å². The number of hydrogen-bond donors (Lipinski definition) is 5. The van der Waals surface area contributed by atoms with Gasteiger partial charge in [0.25, 0.3) is 5.91 Å². The molecular formula is C31H36N2O10. The zero-order valence-electron chi connectivity index (χ0n) is 24.5. The number of primary amides is 1. The fourth-order valence-corrected chi connectivity index (χ4v) is 5.25. The molecule has 1 aliphatic rings. The number of hydrogen-bond acceptors (Lipinski definition) is 10. The molecule has 43 heavy (non-hydrogen) atoms. The van der Waals surface area contributed by atoms with E-state index in [1.807, 2.05) is 19.9 Å². The summed E-state index contributed by atoms with van der Waals surface area (Å²) in [6.45, 7) is 7.29. The third-order valence-electron chi connectivity index (χ3n) is 7.35. The Balaban J connectivity index is 1.58. The first-order valence-corrected chi connectivity index (χ1v) is 13.6. The molecule has 230 valence electrons. The highest BCUT2D eigenvalue weighted by atomic mass is 16.6. The molecular weight excluding hydrogens is 560 g/mol. The van der Waals surface area contributed by atoms with E-state index in [0.717, 1.165) is 5.57 Å². The second-order valence-electron chi connectivity index (χ2n) is 11.2. The number of amides is 2. The van der Waals surface area contributed by atoms with Crippen LogP contribution in [0.1, 0.15) is 49.2 Å². The van der Waals surface area contributed by atoms with Crippen LogP contribution < -0.4 is 16.7 Å². The predicted molar refractivity (Wildman–Crippen MR) is 157 cm³/mol. The summed E-state index contributed by atoms with van der Waals surface area (Å²) in [5, 5.41) is 34.6. The monoisotopic (exact) mass is 596 g/mol. The van der Waals surface area contributed by atoms with E-state index in [9.17, 15) is 29.7 Å². The number of aromatic hydroxyl groups is 2. The quantitative estimate of drug-likeness (QED) is 0.190. The van der Waals surface area contributed by atoms with E-state index in [1.54, 1.807) is 19.9 Å². The number of rotatable bonds is 8. The summed E-state index contributed by atoms with van der Waals surface area (Å²) in [7, 11) is 1.41. The minimum atomic E-state index is -1.29. The van der Waals surface area contributed by atoms with Gasteiger partial charge >= 0.3 is 11.7 Å². The van der Waals surface area contributed by atoms with Crippen molar-refractivity contribution in [3.63, 3.8) is 0 Å². The lowest BCUT2D eigenvalue weighted by Gasteiger charge is -2.48. The highest BCUT2D eigenvalue weighted by Crippen LogP contribution is 2.36. The molecule has 2 heterocycles. The number of ether oxygens (including phenoxy) is 3. The number of nitrogens with one attached hydrogen (secondary N) is 1. The van der Waals surface area contributed by atoms with Gasteiger partial charge in [-0.1, -0.05) is 17.7 Å². The SMILES string of the molecule is COC1C(OC(N)=O)C(O)C(Cc2ccc3c(O)c(NC(=O)c4ccc(O)c(CC=C(C)C)c4)c(=O)oc3c2)OC1(C)C. The van der Waals surface area contributed by atoms with Crippen molar-refractivity contribution in [2.24, 2.45) is 5.73 Å². The lowest BCUT2D eigenvalue weighted by atomic mass is 9.85. The molecule has 3 aromatic rings. The van der Waals surface area contributed by atoms with Crippen molar-refractivity contribution in [3.8, 4) is 11.5 Å². The first-order chi connectivity index (χ1) is 20.2. The topological polar surface area (TPSA) is 191 Å². The number of aliphatic hydroxyl groups excluding tert-OH is 1. The molecule has 0 aliphatic carbocycles. The number of carbonyl (C=O) groups is 2. The van der Waals surface area contributed by atoms with E-state index in [4.69, 9.17) is 24.4 Å². The first kappa shape index (κ1) is 31.5. The Morgan fingerprint density at radius 2 is 1.86 bits per heavy atom. The number of benzene rings is 2. The number of anilines is 1. The van der Waals surface area contributed by atoms with Crippen LogP contribution in [0.25, 0.3) is 11.0 Å². The van der Waals surface area contributed by atoms with Crippen molar-refractivity contribution >= 4 is 28.7 Å². The zero-order valence-corrected chi connectivity index (χ0v) is 24.5. The van der Waals surface area contributed by atoms with Gasteiger partial charge in [-0.15, -0.1) is 0 Å². The van der Waals surface area contributed by atoms with E-state index >= 15 is 0 Å². The Bertz CT molecular complexity index is 1620. The summed E-state index contributed by atoms with van der Waals surface area (Å²) in [5.74, 6) is -1.13. The number of nitrogens with two attached hydrogens (primary N) is 1. The lowest BCUT2D eigenvalue weighted by Crippen LogP contribution is -2.64. The van der Waals surface area contributed by atoms with Gasteiger partial charge in [0.1, 0.15) is 23.5 Å². The maximum absolute atomic E-state index is 13.0. The summed E-state index contributed by atoms with van der Waals surface area (Å²) in [6.07, 6.45) is -2.67. The molecule has 4 unspecified atom stereocenters. The zero-order chi connectivity index (χ0) is 31.6. The van der Waals surface area contributed by atoms with Crippen molar-refractivity contribution in [2.75, 3.05) is 12.4 Å². The van der Waals surface area contributed by atoms with E-state index in [2.05, 4.69) is 5.32 Å². The second-order valence-corrected chi connectivity index (χ2v) is 11.2. The maximum Gasteiger partial charge on any atom is 0.404 e. The fraction of sp³-hybridized carbons (Fsp3) is 0.387. The van der Waals surface area contributed by atoms with E-state index in [0.29, 0.717) is 17.5 Å². The van der Waals surface area contributed by atoms with Gasteiger partial charge in [0, 0.05) is 19.1 Å². The fourth-order valence-electron chi connectivity index (χ4n) is 5.25. The first-order valence-electron chi connectivity index (χ1n) is 13.6. The summed E-state index contributed by atoms with van der Waals surface area (Å²) < 4.78 is 22.1. The average Bonchev–Trinajstić information content (AvgIpc) is 2.92. The number of fused-ring (bicyclic) bond motifs is 1. The predicted octanol–water partition coefficient (Wildman–Crippen LogP) is 3.52. The van der Waals surface area contributed by atoms with Crippen LogP contribution in [-0.2, 0) is 27.1 Å². The molecule has 1 aromatic heterocycles. The standard InChI is InChI=1S/C31H36N2O10/c1-15(2)6-8-17-14-18(9-11-20(17)34)28(37)33-23-24(35)19-10-7-16(12-21(19)41-29(23)38)13-22-25(36)26(42-30(32)39)27(40-5)31(3,4)43-22/h6-7,9-12,14,22,25-27,34-36H,8,13H2,1-5H3,(H2,32,39)(H,33,37). The molecule has 1 aliphatic heterocycles. The molecule has 0 bridgehead atoms. The van der Waals surface area contributed by atoms with Crippen molar-refractivity contribution in [3.05, 3.63) is 75.2 Å². The van der Waals surface area contributed by atoms with Gasteiger partial charge < -0.3 is 45.0 Å². The summed E-state index contributed by atoms with van der Waals surface area (Å²) >= 11 is 0. The van der Waals surface area contributed by atoms with Gasteiger partial charge in [0.05, 0.1) is 17.1 Å². The summed E-state index contributed by atoms with van der Waals surface area (Å²) in [4.78, 5) is 37.3. The molecule has 1 saturated heterocycles. The van der Waals surface area contributed by atoms with Crippen molar-refractivity contribution in [1.82, 2.24) is 0 Å². The number of carbonyl (C=O) groups excluding carboxylic acids is 2. The molecule has 4 rings (SSSR count). The number of phenols is 1.